The first-order chi connectivity index (χ1) is 8.20. The minimum Gasteiger partial charge on any atom is -0.389 e. The van der Waals surface area contributed by atoms with E-state index in [4.69, 9.17) is 4.74 Å². The van der Waals surface area contributed by atoms with Crippen molar-refractivity contribution in [1.82, 2.24) is 0 Å². The minimum absolute atomic E-state index is 0.261. The van der Waals surface area contributed by atoms with Crippen LogP contribution in [0.3, 0.4) is 0 Å². The summed E-state index contributed by atoms with van der Waals surface area (Å²) in [5.74, 6) is 0.974. The van der Waals surface area contributed by atoms with Crippen molar-refractivity contribution >= 4 is 0 Å². The summed E-state index contributed by atoms with van der Waals surface area (Å²) in [7, 11) is 0. The van der Waals surface area contributed by atoms with Gasteiger partial charge in [0.1, 0.15) is 0 Å². The third-order valence-electron chi connectivity index (χ3n) is 4.02. The van der Waals surface area contributed by atoms with E-state index in [0.29, 0.717) is 11.8 Å². The summed E-state index contributed by atoms with van der Waals surface area (Å²) in [4.78, 5) is 0. The molecule has 5 unspecified atom stereocenters. The highest BCUT2D eigenvalue weighted by molar-refractivity contribution is 5.06. The highest BCUT2D eigenvalue weighted by Crippen LogP contribution is 2.46. The lowest BCUT2D eigenvalue weighted by Crippen LogP contribution is -2.36. The molecule has 1 heterocycles. The summed E-state index contributed by atoms with van der Waals surface area (Å²) in [5, 5.41) is 19.1. The Morgan fingerprint density at radius 1 is 1.35 bits per heavy atom. The summed E-state index contributed by atoms with van der Waals surface area (Å²) in [5.41, 5.74) is 0. The number of hydrogen-bond acceptors (Lipinski definition) is 3. The van der Waals surface area contributed by atoms with Gasteiger partial charge in [-0.05, 0) is 24.7 Å². The molecule has 0 aromatic carbocycles. The van der Waals surface area contributed by atoms with Gasteiger partial charge in [-0.3, -0.25) is 0 Å². The van der Waals surface area contributed by atoms with E-state index < -0.39 is 6.29 Å². The fourth-order valence-electron chi connectivity index (χ4n) is 2.86. The van der Waals surface area contributed by atoms with Crippen LogP contribution in [0.15, 0.2) is 12.2 Å². The van der Waals surface area contributed by atoms with Gasteiger partial charge in [-0.2, -0.15) is 0 Å². The molecule has 1 saturated carbocycles. The van der Waals surface area contributed by atoms with E-state index in [1.807, 2.05) is 6.08 Å². The van der Waals surface area contributed by atoms with Crippen LogP contribution in [0, 0.1) is 11.8 Å². The maximum absolute atomic E-state index is 9.77. The molecule has 2 N–H and O–H groups in total. The van der Waals surface area contributed by atoms with Crippen LogP contribution in [0.1, 0.15) is 45.4 Å². The average molecular weight is 240 g/mol. The van der Waals surface area contributed by atoms with Gasteiger partial charge in [0.15, 0.2) is 6.29 Å². The molecule has 2 rings (SSSR count). The predicted molar refractivity (Wildman–Crippen MR) is 66.4 cm³/mol. The smallest absolute Gasteiger partial charge is 0.155 e. The van der Waals surface area contributed by atoms with Gasteiger partial charge >= 0.3 is 0 Å². The Balaban J connectivity index is 1.67. The lowest BCUT2D eigenvalue weighted by Gasteiger charge is -2.36. The number of allylic oxidation sites excluding steroid dienone is 1. The van der Waals surface area contributed by atoms with Crippen molar-refractivity contribution in [3.05, 3.63) is 12.2 Å². The summed E-state index contributed by atoms with van der Waals surface area (Å²) < 4.78 is 5.34. The second-order valence-corrected chi connectivity index (χ2v) is 5.38. The quantitative estimate of drug-likeness (QED) is 0.553. The number of aliphatic hydroxyl groups excluding tert-OH is 2. The third-order valence-corrected chi connectivity index (χ3v) is 4.02. The monoisotopic (exact) mass is 240 g/mol. The van der Waals surface area contributed by atoms with Gasteiger partial charge in [-0.15, -0.1) is 0 Å². The van der Waals surface area contributed by atoms with Gasteiger partial charge in [0.2, 0.25) is 0 Å². The van der Waals surface area contributed by atoms with Gasteiger partial charge in [-0.1, -0.05) is 38.3 Å². The number of ether oxygens (including phenoxy) is 1. The largest absolute Gasteiger partial charge is 0.389 e. The Kier molecular flexibility index (Phi) is 4.60. The maximum Gasteiger partial charge on any atom is 0.155 e. The van der Waals surface area contributed by atoms with Crippen molar-refractivity contribution in [2.45, 2.75) is 63.9 Å². The van der Waals surface area contributed by atoms with Crippen LogP contribution >= 0.6 is 0 Å². The Labute approximate surface area is 103 Å². The van der Waals surface area contributed by atoms with Gasteiger partial charge in [0, 0.05) is 6.42 Å². The van der Waals surface area contributed by atoms with E-state index in [0.717, 1.165) is 25.7 Å². The second-order valence-electron chi connectivity index (χ2n) is 5.38. The van der Waals surface area contributed by atoms with Gasteiger partial charge in [0.25, 0.3) is 0 Å². The molecule has 1 saturated heterocycles. The molecule has 2 aliphatic rings. The predicted octanol–water partition coefficient (Wildman–Crippen LogP) is 2.23. The van der Waals surface area contributed by atoms with E-state index in [-0.39, 0.29) is 12.2 Å². The zero-order valence-corrected chi connectivity index (χ0v) is 10.6. The molecule has 1 aliphatic heterocycles. The molecule has 3 heteroatoms. The third kappa shape index (κ3) is 3.30. The van der Waals surface area contributed by atoms with Gasteiger partial charge in [0.05, 0.1) is 12.2 Å². The Morgan fingerprint density at radius 3 is 2.88 bits per heavy atom. The van der Waals surface area contributed by atoms with Crippen LogP contribution in [0.25, 0.3) is 0 Å². The Hall–Kier alpha value is -0.380. The zero-order chi connectivity index (χ0) is 12.3. The highest BCUT2D eigenvalue weighted by atomic mass is 16.6. The topological polar surface area (TPSA) is 49.7 Å². The summed E-state index contributed by atoms with van der Waals surface area (Å²) in [6.07, 6.45) is 9.57. The highest BCUT2D eigenvalue weighted by Gasteiger charge is 2.47. The van der Waals surface area contributed by atoms with E-state index in [1.165, 1.54) is 12.8 Å². The van der Waals surface area contributed by atoms with E-state index in [1.54, 1.807) is 0 Å². The molecule has 0 spiro atoms. The first kappa shape index (κ1) is 13.1. The fraction of sp³-hybridized carbons (Fsp3) is 0.857. The minimum atomic E-state index is -0.558. The molecule has 0 bridgehead atoms. The molecule has 0 radical (unpaired) electrons. The molecule has 3 nitrogen and oxygen atoms in total. The van der Waals surface area contributed by atoms with Crippen molar-refractivity contribution in [3.63, 3.8) is 0 Å². The van der Waals surface area contributed by atoms with E-state index >= 15 is 0 Å². The van der Waals surface area contributed by atoms with Crippen LogP contribution in [0.4, 0.5) is 0 Å². The molecule has 2 fully saturated rings. The number of aliphatic hydroxyl groups is 2. The Morgan fingerprint density at radius 2 is 2.18 bits per heavy atom. The number of fused-ring (bicyclic) bond motifs is 1. The van der Waals surface area contributed by atoms with Crippen LogP contribution in [0.2, 0.25) is 0 Å². The lowest BCUT2D eigenvalue weighted by atomic mass is 9.70. The SMILES string of the molecule is CCCCCC(O)C=CC1CC2OC(O)CC12. The number of rotatable bonds is 6. The summed E-state index contributed by atoms with van der Waals surface area (Å²) in [6.45, 7) is 2.17. The van der Waals surface area contributed by atoms with Crippen LogP contribution < -0.4 is 0 Å². The van der Waals surface area contributed by atoms with Crippen LogP contribution in [0.5, 0.6) is 0 Å². The summed E-state index contributed by atoms with van der Waals surface area (Å²) in [6, 6.07) is 0. The number of unbranched alkanes of at least 4 members (excludes halogenated alkanes) is 2. The van der Waals surface area contributed by atoms with Gasteiger partial charge < -0.3 is 14.9 Å². The van der Waals surface area contributed by atoms with Crippen molar-refractivity contribution in [2.24, 2.45) is 11.8 Å². The van der Waals surface area contributed by atoms with Crippen molar-refractivity contribution in [1.29, 1.82) is 0 Å². The molecule has 0 aromatic rings. The molecule has 0 amide bonds. The molecule has 5 atom stereocenters. The first-order valence-corrected chi connectivity index (χ1v) is 6.90. The first-order valence-electron chi connectivity index (χ1n) is 6.90. The standard InChI is InChI=1S/C14H24O3/c1-2-3-4-5-11(15)7-6-10-8-13-12(10)9-14(16)17-13/h6-7,10-16H,2-5,8-9H2,1H3. The average Bonchev–Trinajstić information content (AvgIpc) is 2.57. The Bertz CT molecular complexity index is 264. The molecular formula is C14H24O3. The molecule has 1 aliphatic carbocycles. The lowest BCUT2D eigenvalue weighted by molar-refractivity contribution is -0.111. The maximum atomic E-state index is 9.77. The molecule has 98 valence electrons. The fourth-order valence-corrected chi connectivity index (χ4v) is 2.86. The van der Waals surface area contributed by atoms with E-state index in [9.17, 15) is 10.2 Å². The molecular weight excluding hydrogens is 216 g/mol. The second kappa shape index (κ2) is 5.98. The summed E-state index contributed by atoms with van der Waals surface area (Å²) >= 11 is 0. The van der Waals surface area contributed by atoms with Crippen molar-refractivity contribution < 1.29 is 14.9 Å². The van der Waals surface area contributed by atoms with Gasteiger partial charge in [-0.25, -0.2) is 0 Å². The molecule has 0 aromatic heterocycles. The number of hydrogen-bond donors (Lipinski definition) is 2. The van der Waals surface area contributed by atoms with E-state index in [2.05, 4.69) is 13.0 Å². The molecule has 17 heavy (non-hydrogen) atoms. The van der Waals surface area contributed by atoms with Crippen LogP contribution in [-0.2, 0) is 4.74 Å². The normalized spacial score (nSPS) is 38.1. The van der Waals surface area contributed by atoms with Crippen molar-refractivity contribution in [3.8, 4) is 0 Å². The van der Waals surface area contributed by atoms with Crippen LogP contribution in [-0.4, -0.2) is 28.7 Å². The van der Waals surface area contributed by atoms with Crippen molar-refractivity contribution in [2.75, 3.05) is 0 Å². The zero-order valence-electron chi connectivity index (χ0n) is 10.6.